The van der Waals surface area contributed by atoms with Crippen LogP contribution in [0, 0.1) is 20.8 Å². The molecule has 0 N–H and O–H groups in total. The van der Waals surface area contributed by atoms with E-state index < -0.39 is 0 Å². The number of hydrogen-bond acceptors (Lipinski definition) is 1. The van der Waals surface area contributed by atoms with Gasteiger partial charge in [0.05, 0.1) is 5.69 Å². The van der Waals surface area contributed by atoms with Gasteiger partial charge in [0.15, 0.2) is 0 Å². The average molecular weight is 287 g/mol. The first-order chi connectivity index (χ1) is 10.7. The summed E-state index contributed by atoms with van der Waals surface area (Å²) in [5.74, 6) is 0. The summed E-state index contributed by atoms with van der Waals surface area (Å²) in [5, 5.41) is 0. The third kappa shape index (κ3) is 2.75. The van der Waals surface area contributed by atoms with Crippen LogP contribution in [-0.2, 0) is 0 Å². The van der Waals surface area contributed by atoms with E-state index in [1.165, 1.54) is 33.8 Å². The van der Waals surface area contributed by atoms with Gasteiger partial charge >= 0.3 is 0 Å². The number of benzene rings is 3. The average Bonchev–Trinajstić information content (AvgIpc) is 2.52. The Balaban J connectivity index is 2.24. The summed E-state index contributed by atoms with van der Waals surface area (Å²) < 4.78 is 0. The quantitative estimate of drug-likeness (QED) is 0.564. The maximum absolute atomic E-state index is 2.34. The summed E-state index contributed by atoms with van der Waals surface area (Å²) in [6, 6.07) is 25.7. The Kier molecular flexibility index (Phi) is 3.97. The second-order valence-corrected chi connectivity index (χ2v) is 5.75. The van der Waals surface area contributed by atoms with Crippen molar-refractivity contribution in [2.24, 2.45) is 0 Å². The molecule has 0 spiro atoms. The summed E-state index contributed by atoms with van der Waals surface area (Å²) in [6.07, 6.45) is 0. The van der Waals surface area contributed by atoms with Crippen LogP contribution in [0.25, 0.3) is 0 Å². The van der Waals surface area contributed by atoms with E-state index in [1.807, 2.05) is 0 Å². The van der Waals surface area contributed by atoms with Crippen LogP contribution in [0.2, 0.25) is 0 Å². The number of rotatable bonds is 3. The maximum Gasteiger partial charge on any atom is 0.0519 e. The third-order valence-electron chi connectivity index (χ3n) is 3.94. The molecule has 0 fully saturated rings. The molecule has 0 atom stereocenters. The molecule has 0 bridgehead atoms. The van der Waals surface area contributed by atoms with E-state index in [0.29, 0.717) is 0 Å². The largest absolute Gasteiger partial charge is 0.310 e. The highest BCUT2D eigenvalue weighted by Crippen LogP contribution is 2.38. The molecule has 3 aromatic rings. The summed E-state index contributed by atoms with van der Waals surface area (Å²) in [4.78, 5) is 2.34. The van der Waals surface area contributed by atoms with Crippen LogP contribution < -0.4 is 4.90 Å². The van der Waals surface area contributed by atoms with Crippen molar-refractivity contribution in [2.45, 2.75) is 20.8 Å². The molecule has 110 valence electrons. The second-order valence-electron chi connectivity index (χ2n) is 5.75. The molecule has 0 radical (unpaired) electrons. The fourth-order valence-electron chi connectivity index (χ4n) is 2.91. The summed E-state index contributed by atoms with van der Waals surface area (Å²) in [6.45, 7) is 6.49. The first kappa shape index (κ1) is 14.4. The fraction of sp³-hybridized carbons (Fsp3) is 0.143. The van der Waals surface area contributed by atoms with Gasteiger partial charge in [-0.3, -0.25) is 0 Å². The minimum absolute atomic E-state index is 1.19. The molecule has 1 nitrogen and oxygen atoms in total. The lowest BCUT2D eigenvalue weighted by atomic mass is 10.1. The fourth-order valence-corrected chi connectivity index (χ4v) is 2.91. The second kappa shape index (κ2) is 6.07. The van der Waals surface area contributed by atoms with Gasteiger partial charge in [0.25, 0.3) is 0 Å². The smallest absolute Gasteiger partial charge is 0.0519 e. The molecule has 3 rings (SSSR count). The molecule has 0 aliphatic carbocycles. The van der Waals surface area contributed by atoms with E-state index in [2.05, 4.69) is 98.5 Å². The zero-order valence-electron chi connectivity index (χ0n) is 13.4. The molecule has 0 amide bonds. The van der Waals surface area contributed by atoms with E-state index in [9.17, 15) is 0 Å². The highest BCUT2D eigenvalue weighted by atomic mass is 15.1. The molecular weight excluding hydrogens is 266 g/mol. The van der Waals surface area contributed by atoms with Crippen LogP contribution >= 0.6 is 0 Å². The van der Waals surface area contributed by atoms with Crippen molar-refractivity contribution in [3.8, 4) is 0 Å². The van der Waals surface area contributed by atoms with Gasteiger partial charge in [0.2, 0.25) is 0 Å². The topological polar surface area (TPSA) is 3.24 Å². The van der Waals surface area contributed by atoms with Crippen molar-refractivity contribution in [2.75, 3.05) is 4.90 Å². The number of aryl methyl sites for hydroxylation is 3. The molecule has 0 aromatic heterocycles. The normalized spacial score (nSPS) is 10.5. The van der Waals surface area contributed by atoms with Crippen LogP contribution in [0.3, 0.4) is 0 Å². The highest BCUT2D eigenvalue weighted by Gasteiger charge is 2.16. The Morgan fingerprint density at radius 3 is 1.82 bits per heavy atom. The molecule has 1 heteroatoms. The SMILES string of the molecule is Cc1cccc(N(c2ccccc2)c2c(C)cccc2C)c1. The van der Waals surface area contributed by atoms with Gasteiger partial charge < -0.3 is 4.90 Å². The van der Waals surface area contributed by atoms with Crippen LogP contribution in [0.5, 0.6) is 0 Å². The summed E-state index contributed by atoms with van der Waals surface area (Å²) in [5.41, 5.74) is 7.48. The van der Waals surface area contributed by atoms with E-state index >= 15 is 0 Å². The molecule has 0 heterocycles. The van der Waals surface area contributed by atoms with Crippen molar-refractivity contribution < 1.29 is 0 Å². The first-order valence-corrected chi connectivity index (χ1v) is 7.65. The minimum atomic E-state index is 1.19. The molecule has 0 aliphatic heterocycles. The van der Waals surface area contributed by atoms with Gasteiger partial charge in [-0.2, -0.15) is 0 Å². The van der Waals surface area contributed by atoms with Crippen molar-refractivity contribution in [1.29, 1.82) is 0 Å². The molecular formula is C21H21N. The Hall–Kier alpha value is -2.54. The number of anilines is 3. The first-order valence-electron chi connectivity index (χ1n) is 7.65. The van der Waals surface area contributed by atoms with Crippen LogP contribution in [-0.4, -0.2) is 0 Å². The van der Waals surface area contributed by atoms with E-state index in [1.54, 1.807) is 0 Å². The summed E-state index contributed by atoms with van der Waals surface area (Å²) in [7, 11) is 0. The van der Waals surface area contributed by atoms with E-state index in [4.69, 9.17) is 0 Å². The van der Waals surface area contributed by atoms with Crippen molar-refractivity contribution in [1.82, 2.24) is 0 Å². The Labute approximate surface area is 132 Å². The van der Waals surface area contributed by atoms with Gasteiger partial charge in [0.1, 0.15) is 0 Å². The molecule has 0 saturated carbocycles. The van der Waals surface area contributed by atoms with Gasteiger partial charge in [-0.1, -0.05) is 48.5 Å². The zero-order chi connectivity index (χ0) is 15.5. The van der Waals surface area contributed by atoms with E-state index in [0.717, 1.165) is 0 Å². The van der Waals surface area contributed by atoms with Crippen LogP contribution in [0.4, 0.5) is 17.1 Å². The number of nitrogens with zero attached hydrogens (tertiary/aromatic N) is 1. The Bertz CT molecular complexity index is 755. The molecule has 0 unspecified atom stereocenters. The van der Waals surface area contributed by atoms with Gasteiger partial charge in [-0.25, -0.2) is 0 Å². The lowest BCUT2D eigenvalue weighted by Gasteiger charge is -2.28. The highest BCUT2D eigenvalue weighted by molar-refractivity contribution is 5.80. The monoisotopic (exact) mass is 287 g/mol. The lowest BCUT2D eigenvalue weighted by Crippen LogP contribution is -2.12. The maximum atomic E-state index is 2.34. The van der Waals surface area contributed by atoms with Crippen LogP contribution in [0.1, 0.15) is 16.7 Å². The van der Waals surface area contributed by atoms with Crippen molar-refractivity contribution in [3.63, 3.8) is 0 Å². The van der Waals surface area contributed by atoms with Gasteiger partial charge in [-0.05, 0) is 61.7 Å². The molecule has 0 aliphatic rings. The zero-order valence-corrected chi connectivity index (χ0v) is 13.4. The molecule has 22 heavy (non-hydrogen) atoms. The van der Waals surface area contributed by atoms with Crippen LogP contribution in [0.15, 0.2) is 72.8 Å². The van der Waals surface area contributed by atoms with Gasteiger partial charge in [-0.15, -0.1) is 0 Å². The lowest BCUT2D eigenvalue weighted by molar-refractivity contribution is 1.21. The standard InChI is InChI=1S/C21H21N/c1-16-9-7-14-20(15-16)22(19-12-5-4-6-13-19)21-17(2)10-8-11-18(21)3/h4-15H,1-3H3. The Morgan fingerprint density at radius 2 is 1.18 bits per heavy atom. The predicted molar refractivity (Wildman–Crippen MR) is 95.3 cm³/mol. The molecule has 0 saturated heterocycles. The minimum Gasteiger partial charge on any atom is -0.310 e. The van der Waals surface area contributed by atoms with Crippen molar-refractivity contribution in [3.05, 3.63) is 89.5 Å². The summed E-state index contributed by atoms with van der Waals surface area (Å²) >= 11 is 0. The Morgan fingerprint density at radius 1 is 0.591 bits per heavy atom. The van der Waals surface area contributed by atoms with Gasteiger partial charge in [0, 0.05) is 11.4 Å². The number of para-hydroxylation sites is 2. The predicted octanol–water partition coefficient (Wildman–Crippen LogP) is 6.08. The molecule has 3 aromatic carbocycles. The third-order valence-corrected chi connectivity index (χ3v) is 3.94. The van der Waals surface area contributed by atoms with E-state index in [-0.39, 0.29) is 0 Å². The number of hydrogen-bond donors (Lipinski definition) is 0. The van der Waals surface area contributed by atoms with Crippen molar-refractivity contribution >= 4 is 17.1 Å².